The Morgan fingerprint density at radius 1 is 1.28 bits per heavy atom. The molecule has 1 aliphatic carbocycles. The van der Waals surface area contributed by atoms with Gasteiger partial charge in [0.2, 0.25) is 0 Å². The van der Waals surface area contributed by atoms with Crippen LogP contribution in [0.5, 0.6) is 11.5 Å². The first-order chi connectivity index (χ1) is 12.0. The summed E-state index contributed by atoms with van der Waals surface area (Å²) < 4.78 is 10.7. The predicted molar refractivity (Wildman–Crippen MR) is 95.2 cm³/mol. The molecule has 6 heteroatoms. The molecule has 3 rings (SSSR count). The van der Waals surface area contributed by atoms with Gasteiger partial charge in [0, 0.05) is 5.69 Å². The van der Waals surface area contributed by atoms with Crippen molar-refractivity contribution in [1.82, 2.24) is 15.5 Å². The molecule has 25 heavy (non-hydrogen) atoms. The number of benzene rings is 1. The van der Waals surface area contributed by atoms with Gasteiger partial charge >= 0.3 is 0 Å². The van der Waals surface area contributed by atoms with Gasteiger partial charge in [-0.25, -0.2) is 0 Å². The third-order valence-corrected chi connectivity index (χ3v) is 4.52. The summed E-state index contributed by atoms with van der Waals surface area (Å²) in [5.74, 6) is 1.76. The number of methoxy groups -OCH3 is 2. The molecule has 0 aliphatic heterocycles. The first kappa shape index (κ1) is 17.3. The summed E-state index contributed by atoms with van der Waals surface area (Å²) in [7, 11) is 3.25. The van der Waals surface area contributed by atoms with E-state index in [1.54, 1.807) is 14.2 Å². The van der Waals surface area contributed by atoms with Gasteiger partial charge in [-0.2, -0.15) is 5.10 Å². The Labute approximate surface area is 147 Å². The third kappa shape index (κ3) is 3.62. The van der Waals surface area contributed by atoms with Crippen molar-refractivity contribution in [3.8, 4) is 11.5 Å². The summed E-state index contributed by atoms with van der Waals surface area (Å²) in [5.41, 5.74) is 3.69. The van der Waals surface area contributed by atoms with E-state index in [-0.39, 0.29) is 11.9 Å². The zero-order valence-electron chi connectivity index (χ0n) is 15.2. The second kappa shape index (κ2) is 7.17. The largest absolute Gasteiger partial charge is 0.493 e. The lowest BCUT2D eigenvalue weighted by atomic mass is 10.1. The topological polar surface area (TPSA) is 76.2 Å². The van der Waals surface area contributed by atoms with Crippen molar-refractivity contribution in [3.63, 3.8) is 0 Å². The van der Waals surface area contributed by atoms with E-state index in [0.717, 1.165) is 36.3 Å². The average Bonchev–Trinajstić information content (AvgIpc) is 3.20. The fourth-order valence-electron chi connectivity index (χ4n) is 3.34. The van der Waals surface area contributed by atoms with Crippen molar-refractivity contribution in [2.75, 3.05) is 14.2 Å². The first-order valence-corrected chi connectivity index (χ1v) is 8.61. The lowest BCUT2D eigenvalue weighted by Crippen LogP contribution is -2.27. The van der Waals surface area contributed by atoms with Gasteiger partial charge in [-0.3, -0.25) is 9.89 Å². The third-order valence-electron chi connectivity index (χ3n) is 4.52. The molecule has 0 spiro atoms. The predicted octanol–water partition coefficient (Wildman–Crippen LogP) is 3.04. The number of fused-ring (bicyclic) bond motifs is 1. The zero-order valence-corrected chi connectivity index (χ0v) is 15.2. The van der Waals surface area contributed by atoms with Gasteiger partial charge < -0.3 is 14.8 Å². The van der Waals surface area contributed by atoms with Crippen molar-refractivity contribution >= 4 is 5.91 Å². The molecule has 2 aromatic rings. The van der Waals surface area contributed by atoms with Crippen LogP contribution in [-0.2, 0) is 12.8 Å². The molecular formula is C19H25N3O3. The van der Waals surface area contributed by atoms with Crippen LogP contribution in [0, 0.1) is 5.92 Å². The lowest BCUT2D eigenvalue weighted by Gasteiger charge is -2.15. The van der Waals surface area contributed by atoms with Gasteiger partial charge in [-0.1, -0.05) is 13.8 Å². The number of ether oxygens (including phenoxy) is 2. The van der Waals surface area contributed by atoms with E-state index >= 15 is 0 Å². The van der Waals surface area contributed by atoms with E-state index in [1.165, 1.54) is 5.56 Å². The van der Waals surface area contributed by atoms with Crippen LogP contribution in [0.4, 0.5) is 0 Å². The molecule has 1 aliphatic rings. The smallest absolute Gasteiger partial charge is 0.272 e. The highest BCUT2D eigenvalue weighted by Gasteiger charge is 2.27. The van der Waals surface area contributed by atoms with E-state index < -0.39 is 0 Å². The zero-order chi connectivity index (χ0) is 18.0. The maximum Gasteiger partial charge on any atom is 0.272 e. The minimum Gasteiger partial charge on any atom is -0.493 e. The number of rotatable bonds is 6. The molecule has 1 amide bonds. The van der Waals surface area contributed by atoms with E-state index in [1.807, 2.05) is 18.2 Å². The number of aryl methyl sites for hydroxylation is 1. The molecule has 0 bridgehead atoms. The molecule has 1 aromatic carbocycles. The number of carbonyl (C=O) groups is 1. The Hall–Kier alpha value is -2.50. The fraction of sp³-hybridized carbons (Fsp3) is 0.474. The molecule has 0 unspecified atom stereocenters. The van der Waals surface area contributed by atoms with Crippen LogP contribution >= 0.6 is 0 Å². The van der Waals surface area contributed by atoms with Crippen molar-refractivity contribution in [1.29, 1.82) is 0 Å². The van der Waals surface area contributed by atoms with Gasteiger partial charge in [-0.15, -0.1) is 0 Å². The summed E-state index contributed by atoms with van der Waals surface area (Å²) in [5, 5.41) is 10.2. The Morgan fingerprint density at radius 2 is 2.00 bits per heavy atom. The van der Waals surface area contributed by atoms with Crippen LogP contribution in [-0.4, -0.2) is 30.3 Å². The standard InChI is InChI=1S/C19H25N3O3/c1-11(2)7-13-9-16(22-21-13)19(23)20-15-6-5-12-8-17(24-3)18(25-4)10-14(12)15/h8-11,15H,5-7H2,1-4H3,(H,20,23)(H,21,22)/t15-/m1/s1. The number of amides is 1. The Morgan fingerprint density at radius 3 is 2.68 bits per heavy atom. The molecule has 2 N–H and O–H groups in total. The second-order valence-electron chi connectivity index (χ2n) is 6.85. The number of nitrogens with one attached hydrogen (secondary N) is 2. The molecule has 0 radical (unpaired) electrons. The van der Waals surface area contributed by atoms with Crippen LogP contribution in [0.25, 0.3) is 0 Å². The van der Waals surface area contributed by atoms with Crippen LogP contribution in [0.1, 0.15) is 53.6 Å². The van der Waals surface area contributed by atoms with E-state index in [2.05, 4.69) is 29.4 Å². The molecule has 1 heterocycles. The van der Waals surface area contributed by atoms with Crippen LogP contribution in [0.2, 0.25) is 0 Å². The molecule has 1 aromatic heterocycles. The van der Waals surface area contributed by atoms with E-state index in [4.69, 9.17) is 9.47 Å². The molecule has 6 nitrogen and oxygen atoms in total. The number of aromatic amines is 1. The SMILES string of the molecule is COc1cc2c(cc1OC)[C@H](NC(=O)c1cc(CC(C)C)[nH]n1)CC2. The average molecular weight is 343 g/mol. The van der Waals surface area contributed by atoms with Gasteiger partial charge in [0.05, 0.1) is 20.3 Å². The number of aromatic nitrogens is 2. The van der Waals surface area contributed by atoms with Gasteiger partial charge in [0.1, 0.15) is 5.69 Å². The van der Waals surface area contributed by atoms with Crippen molar-refractivity contribution in [2.45, 2.75) is 39.2 Å². The van der Waals surface area contributed by atoms with Crippen LogP contribution in [0.3, 0.4) is 0 Å². The monoisotopic (exact) mass is 343 g/mol. The fourth-order valence-corrected chi connectivity index (χ4v) is 3.34. The maximum atomic E-state index is 12.5. The minimum absolute atomic E-state index is 0.0347. The lowest BCUT2D eigenvalue weighted by molar-refractivity contribution is 0.0931. The van der Waals surface area contributed by atoms with Crippen molar-refractivity contribution in [2.24, 2.45) is 5.92 Å². The first-order valence-electron chi connectivity index (χ1n) is 8.61. The summed E-state index contributed by atoms with van der Waals surface area (Å²) in [6.45, 7) is 4.27. The Bertz CT molecular complexity index is 767. The Kier molecular flexibility index (Phi) is 4.97. The number of H-pyrrole nitrogens is 1. The summed E-state index contributed by atoms with van der Waals surface area (Å²) in [6, 6.07) is 5.75. The highest BCUT2D eigenvalue weighted by molar-refractivity contribution is 5.92. The molecule has 0 saturated heterocycles. The molecule has 1 atom stereocenters. The maximum absolute atomic E-state index is 12.5. The normalized spacial score (nSPS) is 16.0. The summed E-state index contributed by atoms with van der Waals surface area (Å²) in [6.07, 6.45) is 2.64. The number of carbonyl (C=O) groups excluding carboxylic acids is 1. The highest BCUT2D eigenvalue weighted by Crippen LogP contribution is 2.39. The van der Waals surface area contributed by atoms with Crippen molar-refractivity contribution < 1.29 is 14.3 Å². The number of nitrogens with zero attached hydrogens (tertiary/aromatic N) is 1. The van der Waals surface area contributed by atoms with E-state index in [0.29, 0.717) is 17.4 Å². The molecule has 0 saturated carbocycles. The second-order valence-corrected chi connectivity index (χ2v) is 6.85. The van der Waals surface area contributed by atoms with E-state index in [9.17, 15) is 4.79 Å². The van der Waals surface area contributed by atoms with Gasteiger partial charge in [-0.05, 0) is 54.5 Å². The number of hydrogen-bond acceptors (Lipinski definition) is 4. The highest BCUT2D eigenvalue weighted by atomic mass is 16.5. The quantitative estimate of drug-likeness (QED) is 0.845. The Balaban J connectivity index is 1.75. The number of hydrogen-bond donors (Lipinski definition) is 2. The summed E-state index contributed by atoms with van der Waals surface area (Å²) in [4.78, 5) is 12.5. The molecule has 0 fully saturated rings. The van der Waals surface area contributed by atoms with Gasteiger partial charge in [0.15, 0.2) is 11.5 Å². The van der Waals surface area contributed by atoms with Crippen molar-refractivity contribution in [3.05, 3.63) is 40.7 Å². The van der Waals surface area contributed by atoms with Gasteiger partial charge in [0.25, 0.3) is 5.91 Å². The minimum atomic E-state index is -0.154. The van der Waals surface area contributed by atoms with Crippen LogP contribution < -0.4 is 14.8 Å². The summed E-state index contributed by atoms with van der Waals surface area (Å²) >= 11 is 0. The molecule has 134 valence electrons. The molecular weight excluding hydrogens is 318 g/mol. The van der Waals surface area contributed by atoms with Crippen LogP contribution in [0.15, 0.2) is 18.2 Å².